The lowest BCUT2D eigenvalue weighted by molar-refractivity contribution is -0.682. The van der Waals surface area contributed by atoms with Crippen LogP contribution in [0.4, 0.5) is 13.2 Å². The van der Waals surface area contributed by atoms with Gasteiger partial charge < -0.3 is 5.32 Å². The summed E-state index contributed by atoms with van der Waals surface area (Å²) in [6.07, 6.45) is -3.58. The second-order valence-corrected chi connectivity index (χ2v) is 4.02. The second-order valence-electron chi connectivity index (χ2n) is 4.02. The van der Waals surface area contributed by atoms with E-state index in [0.29, 0.717) is 12.5 Å². The molecule has 1 aromatic carbocycles. The third-order valence-corrected chi connectivity index (χ3v) is 2.45. The van der Waals surface area contributed by atoms with Gasteiger partial charge in [-0.05, 0) is 25.5 Å². The van der Waals surface area contributed by atoms with Crippen LogP contribution in [0.1, 0.15) is 25.0 Å². The summed E-state index contributed by atoms with van der Waals surface area (Å²) >= 11 is 0. The molecule has 0 amide bonds. The molecule has 2 N–H and O–H groups in total. The fourth-order valence-corrected chi connectivity index (χ4v) is 1.73. The van der Waals surface area contributed by atoms with Gasteiger partial charge in [-0.3, -0.25) is 0 Å². The van der Waals surface area contributed by atoms with Gasteiger partial charge in [0, 0.05) is 6.42 Å². The Bertz CT molecular complexity index is 333. The van der Waals surface area contributed by atoms with Crippen molar-refractivity contribution in [3.8, 4) is 0 Å². The van der Waals surface area contributed by atoms with Crippen LogP contribution >= 0.6 is 0 Å². The van der Waals surface area contributed by atoms with Crippen molar-refractivity contribution in [3.05, 3.63) is 35.4 Å². The molecule has 16 heavy (non-hydrogen) atoms. The maximum atomic E-state index is 12.4. The van der Waals surface area contributed by atoms with E-state index in [0.717, 1.165) is 18.2 Å². The Morgan fingerprint density at radius 1 is 1.31 bits per heavy atom. The number of hydrogen-bond donors (Lipinski definition) is 1. The van der Waals surface area contributed by atoms with Gasteiger partial charge in [0.25, 0.3) is 0 Å². The van der Waals surface area contributed by atoms with Gasteiger partial charge in [-0.15, -0.1) is 0 Å². The number of likely N-dealkylation sites (N-methyl/N-ethyl adjacent to an activating group) is 1. The molecule has 0 saturated heterocycles. The molecule has 0 radical (unpaired) electrons. The van der Waals surface area contributed by atoms with Crippen LogP contribution in [-0.4, -0.2) is 12.6 Å². The summed E-state index contributed by atoms with van der Waals surface area (Å²) < 4.78 is 37.3. The van der Waals surface area contributed by atoms with Crippen molar-refractivity contribution in [1.29, 1.82) is 0 Å². The van der Waals surface area contributed by atoms with E-state index in [1.54, 1.807) is 6.07 Å². The van der Waals surface area contributed by atoms with E-state index in [1.807, 2.05) is 13.8 Å². The molecule has 0 aliphatic rings. The highest BCUT2D eigenvalue weighted by Crippen LogP contribution is 2.29. The van der Waals surface area contributed by atoms with E-state index in [-0.39, 0.29) is 0 Å². The van der Waals surface area contributed by atoms with Crippen LogP contribution in [0.3, 0.4) is 0 Å². The summed E-state index contributed by atoms with van der Waals surface area (Å²) in [5.74, 6) is 0. The molecule has 1 aromatic rings. The van der Waals surface area contributed by atoms with E-state index < -0.39 is 11.7 Å². The normalized spacial score (nSPS) is 13.8. The number of halogens is 3. The van der Waals surface area contributed by atoms with Crippen molar-refractivity contribution >= 4 is 0 Å². The van der Waals surface area contributed by atoms with Gasteiger partial charge in [0.2, 0.25) is 0 Å². The molecule has 0 heterocycles. The first-order valence-corrected chi connectivity index (χ1v) is 5.43. The Morgan fingerprint density at radius 3 is 2.56 bits per heavy atom. The van der Waals surface area contributed by atoms with E-state index in [9.17, 15) is 13.2 Å². The Balaban J connectivity index is 2.75. The number of alkyl halides is 3. The van der Waals surface area contributed by atoms with E-state index in [2.05, 4.69) is 5.32 Å². The standard InChI is InChI=1S/C12H16F3N/c1-3-16-9(2)7-10-5-4-6-11(8-10)12(13,14)15/h4-6,8-9,16H,3,7H2,1-2H3/p+1/t9-/m1/s1. The highest BCUT2D eigenvalue weighted by atomic mass is 19.4. The molecule has 0 saturated carbocycles. The van der Waals surface area contributed by atoms with Crippen LogP contribution in [0, 0.1) is 0 Å². The third kappa shape index (κ3) is 3.85. The lowest BCUT2D eigenvalue weighted by Gasteiger charge is -2.11. The first-order chi connectivity index (χ1) is 7.43. The molecular weight excluding hydrogens is 215 g/mol. The van der Waals surface area contributed by atoms with Crippen LogP contribution in [0.2, 0.25) is 0 Å². The summed E-state index contributed by atoms with van der Waals surface area (Å²) in [5, 5.41) is 2.11. The average molecular weight is 232 g/mol. The van der Waals surface area contributed by atoms with Crippen LogP contribution in [-0.2, 0) is 12.6 Å². The molecule has 0 aromatic heterocycles. The number of rotatable bonds is 4. The van der Waals surface area contributed by atoms with Crippen LogP contribution < -0.4 is 5.32 Å². The molecule has 0 aliphatic heterocycles. The smallest absolute Gasteiger partial charge is 0.344 e. The van der Waals surface area contributed by atoms with Crippen molar-refractivity contribution in [2.45, 2.75) is 32.5 Å². The van der Waals surface area contributed by atoms with Crippen LogP contribution in [0.15, 0.2) is 24.3 Å². The van der Waals surface area contributed by atoms with Crippen molar-refractivity contribution < 1.29 is 18.5 Å². The fraction of sp³-hybridized carbons (Fsp3) is 0.500. The number of quaternary nitrogens is 1. The fourth-order valence-electron chi connectivity index (χ4n) is 1.73. The summed E-state index contributed by atoms with van der Waals surface area (Å²) in [7, 11) is 0. The van der Waals surface area contributed by atoms with Crippen molar-refractivity contribution in [2.75, 3.05) is 6.54 Å². The first-order valence-electron chi connectivity index (χ1n) is 5.43. The molecule has 0 unspecified atom stereocenters. The van der Waals surface area contributed by atoms with Gasteiger partial charge in [-0.2, -0.15) is 13.2 Å². The Hall–Kier alpha value is -1.03. The lowest BCUT2D eigenvalue weighted by Crippen LogP contribution is -2.89. The molecule has 0 spiro atoms. The van der Waals surface area contributed by atoms with Gasteiger partial charge in [-0.25, -0.2) is 0 Å². The van der Waals surface area contributed by atoms with Gasteiger partial charge in [0.1, 0.15) is 0 Å². The largest absolute Gasteiger partial charge is 0.416 e. The monoisotopic (exact) mass is 232 g/mol. The summed E-state index contributed by atoms with van der Waals surface area (Å²) in [6.45, 7) is 4.99. The zero-order valence-corrected chi connectivity index (χ0v) is 9.51. The zero-order chi connectivity index (χ0) is 12.2. The van der Waals surface area contributed by atoms with Crippen molar-refractivity contribution in [3.63, 3.8) is 0 Å². The summed E-state index contributed by atoms with van der Waals surface area (Å²) in [5.41, 5.74) is 0.181. The Kier molecular flexibility index (Phi) is 4.35. The second kappa shape index (κ2) is 5.34. The molecule has 1 rings (SSSR count). The highest BCUT2D eigenvalue weighted by Gasteiger charge is 2.30. The number of nitrogens with two attached hydrogens (primary N) is 1. The maximum absolute atomic E-state index is 12.4. The minimum atomic E-state index is -4.24. The predicted molar refractivity (Wildman–Crippen MR) is 57.1 cm³/mol. The molecule has 4 heteroatoms. The Labute approximate surface area is 93.7 Å². The number of benzene rings is 1. The summed E-state index contributed by atoms with van der Waals surface area (Å²) in [6, 6.07) is 5.87. The average Bonchev–Trinajstić information content (AvgIpc) is 2.17. The molecule has 1 atom stereocenters. The molecule has 0 fully saturated rings. The van der Waals surface area contributed by atoms with Crippen molar-refractivity contribution in [2.24, 2.45) is 0 Å². The SMILES string of the molecule is CC[NH2+][C@H](C)Cc1cccc(C(F)(F)F)c1. The van der Waals surface area contributed by atoms with Gasteiger partial charge in [0.15, 0.2) is 0 Å². The number of hydrogen-bond acceptors (Lipinski definition) is 0. The maximum Gasteiger partial charge on any atom is 0.416 e. The van der Waals surface area contributed by atoms with E-state index in [1.165, 1.54) is 12.1 Å². The molecular formula is C12H17F3N+. The minimum Gasteiger partial charge on any atom is -0.344 e. The quantitative estimate of drug-likeness (QED) is 0.819. The third-order valence-electron chi connectivity index (χ3n) is 2.45. The van der Waals surface area contributed by atoms with Gasteiger partial charge in [-0.1, -0.05) is 18.2 Å². The van der Waals surface area contributed by atoms with Gasteiger partial charge >= 0.3 is 6.18 Å². The molecule has 0 aliphatic carbocycles. The topological polar surface area (TPSA) is 16.6 Å². The highest BCUT2D eigenvalue weighted by molar-refractivity contribution is 5.25. The molecule has 0 bridgehead atoms. The zero-order valence-electron chi connectivity index (χ0n) is 9.51. The summed E-state index contributed by atoms with van der Waals surface area (Å²) in [4.78, 5) is 0. The lowest BCUT2D eigenvalue weighted by atomic mass is 10.0. The van der Waals surface area contributed by atoms with E-state index >= 15 is 0 Å². The first kappa shape index (κ1) is 13.0. The van der Waals surface area contributed by atoms with Crippen LogP contribution in [0.25, 0.3) is 0 Å². The van der Waals surface area contributed by atoms with Gasteiger partial charge in [0.05, 0.1) is 18.2 Å². The minimum absolute atomic E-state index is 0.313. The molecule has 90 valence electrons. The van der Waals surface area contributed by atoms with Crippen molar-refractivity contribution in [1.82, 2.24) is 0 Å². The Morgan fingerprint density at radius 2 is 2.00 bits per heavy atom. The molecule has 1 nitrogen and oxygen atoms in total. The van der Waals surface area contributed by atoms with Crippen LogP contribution in [0.5, 0.6) is 0 Å². The predicted octanol–water partition coefficient (Wildman–Crippen LogP) is 2.22. The van der Waals surface area contributed by atoms with E-state index in [4.69, 9.17) is 0 Å².